The van der Waals surface area contributed by atoms with Gasteiger partial charge in [-0.3, -0.25) is 9.59 Å². The zero-order chi connectivity index (χ0) is 19.2. The molecule has 0 bridgehead atoms. The zero-order valence-corrected chi connectivity index (χ0v) is 16.9. The van der Waals surface area contributed by atoms with Gasteiger partial charge < -0.3 is 4.90 Å². The second-order valence-corrected chi connectivity index (χ2v) is 7.66. The van der Waals surface area contributed by atoms with Crippen LogP contribution in [0.2, 0.25) is 5.02 Å². The molecule has 0 unspecified atom stereocenters. The first kappa shape index (κ1) is 19.6. The van der Waals surface area contributed by atoms with Crippen LogP contribution in [-0.4, -0.2) is 36.0 Å². The van der Waals surface area contributed by atoms with E-state index < -0.39 is 0 Å². The summed E-state index contributed by atoms with van der Waals surface area (Å²) < 4.78 is 0.952. The van der Waals surface area contributed by atoms with E-state index in [1.54, 1.807) is 35.4 Å². The van der Waals surface area contributed by atoms with E-state index in [0.29, 0.717) is 36.5 Å². The lowest BCUT2D eigenvalue weighted by molar-refractivity contribution is -0.126. The van der Waals surface area contributed by atoms with E-state index in [0.717, 1.165) is 10.0 Å². The smallest absolute Gasteiger partial charge is 0.255 e. The van der Waals surface area contributed by atoms with Crippen molar-refractivity contribution in [2.45, 2.75) is 12.8 Å². The van der Waals surface area contributed by atoms with Gasteiger partial charge in [-0.05, 0) is 42.7 Å². The molecular formula is C20H19BrClN3O2. The number of nitrogens with zero attached hydrogens (tertiary/aromatic N) is 2. The molecule has 5 nitrogen and oxygen atoms in total. The number of carbonyl (C=O) groups excluding carboxylic acids is 2. The number of amides is 2. The Hall–Kier alpha value is -2.18. The minimum atomic E-state index is -0.153. The largest absolute Gasteiger partial charge is 0.339 e. The lowest BCUT2D eigenvalue weighted by Crippen LogP contribution is -2.42. The van der Waals surface area contributed by atoms with Crippen LogP contribution in [0.1, 0.15) is 28.8 Å². The van der Waals surface area contributed by atoms with E-state index in [1.165, 1.54) is 0 Å². The summed E-state index contributed by atoms with van der Waals surface area (Å²) in [5.74, 6) is -0.363. The number of hydrogen-bond donors (Lipinski definition) is 1. The van der Waals surface area contributed by atoms with Crippen LogP contribution in [-0.2, 0) is 4.79 Å². The minimum absolute atomic E-state index is 0.0906. The van der Waals surface area contributed by atoms with Crippen LogP contribution in [0.3, 0.4) is 0 Å². The second kappa shape index (κ2) is 9.15. The highest BCUT2D eigenvalue weighted by Gasteiger charge is 2.28. The van der Waals surface area contributed by atoms with Gasteiger partial charge in [0.25, 0.3) is 5.91 Å². The summed E-state index contributed by atoms with van der Waals surface area (Å²) >= 11 is 9.50. The Morgan fingerprint density at radius 1 is 1.15 bits per heavy atom. The van der Waals surface area contributed by atoms with Gasteiger partial charge in [0, 0.05) is 23.5 Å². The number of hydrazone groups is 1. The van der Waals surface area contributed by atoms with Crippen LogP contribution in [0.25, 0.3) is 0 Å². The lowest BCUT2D eigenvalue weighted by Gasteiger charge is -2.31. The van der Waals surface area contributed by atoms with Crippen LogP contribution in [0, 0.1) is 5.92 Å². The molecule has 1 heterocycles. The number of hydrogen-bond acceptors (Lipinski definition) is 3. The molecule has 27 heavy (non-hydrogen) atoms. The van der Waals surface area contributed by atoms with Gasteiger partial charge in [-0.25, -0.2) is 5.43 Å². The average molecular weight is 449 g/mol. The predicted octanol–water partition coefficient (Wildman–Crippen LogP) is 4.11. The van der Waals surface area contributed by atoms with Gasteiger partial charge in [-0.15, -0.1) is 0 Å². The molecule has 1 aliphatic heterocycles. The van der Waals surface area contributed by atoms with Crippen molar-refractivity contribution in [2.24, 2.45) is 11.0 Å². The third-order valence-electron chi connectivity index (χ3n) is 4.49. The normalized spacial score (nSPS) is 15.1. The average Bonchev–Trinajstić information content (AvgIpc) is 2.68. The molecule has 0 spiro atoms. The SMILES string of the molecule is O=C(N/N=C\c1cccc(Br)c1)C1CCN(C(=O)c2ccccc2Cl)CC1. The van der Waals surface area contributed by atoms with Crippen molar-refractivity contribution in [1.82, 2.24) is 10.3 Å². The molecule has 3 rings (SSSR count). The summed E-state index contributed by atoms with van der Waals surface area (Å²) in [6.45, 7) is 1.05. The van der Waals surface area contributed by atoms with Crippen LogP contribution in [0.5, 0.6) is 0 Å². The van der Waals surface area contributed by atoms with Gasteiger partial charge in [0.2, 0.25) is 5.91 Å². The molecule has 0 saturated carbocycles. The molecule has 0 atom stereocenters. The maximum absolute atomic E-state index is 12.6. The first-order valence-corrected chi connectivity index (χ1v) is 9.84. The van der Waals surface area contributed by atoms with Crippen molar-refractivity contribution in [3.05, 3.63) is 69.2 Å². The number of halogens is 2. The molecule has 1 saturated heterocycles. The van der Waals surface area contributed by atoms with Crippen molar-refractivity contribution < 1.29 is 9.59 Å². The van der Waals surface area contributed by atoms with E-state index in [-0.39, 0.29) is 17.7 Å². The summed E-state index contributed by atoms with van der Waals surface area (Å²) in [5, 5.41) is 4.48. The standard InChI is InChI=1S/C20H19BrClN3O2/c21-16-5-3-4-14(12-16)13-23-24-19(26)15-8-10-25(11-9-15)20(27)17-6-1-2-7-18(17)22/h1-7,12-13,15H,8-11H2,(H,24,26)/b23-13-. The monoisotopic (exact) mass is 447 g/mol. The highest BCUT2D eigenvalue weighted by atomic mass is 79.9. The fraction of sp³-hybridized carbons (Fsp3) is 0.250. The molecule has 2 aromatic rings. The van der Waals surface area contributed by atoms with E-state index in [2.05, 4.69) is 26.5 Å². The van der Waals surface area contributed by atoms with Crippen LogP contribution < -0.4 is 5.43 Å². The Kier molecular flexibility index (Phi) is 6.63. The Balaban J connectivity index is 1.50. The first-order chi connectivity index (χ1) is 13.0. The topological polar surface area (TPSA) is 61.8 Å². The molecule has 1 N–H and O–H groups in total. The highest BCUT2D eigenvalue weighted by molar-refractivity contribution is 9.10. The summed E-state index contributed by atoms with van der Waals surface area (Å²) in [7, 11) is 0. The number of benzene rings is 2. The minimum Gasteiger partial charge on any atom is -0.339 e. The Morgan fingerprint density at radius 3 is 2.59 bits per heavy atom. The van der Waals surface area contributed by atoms with Crippen molar-refractivity contribution in [3.8, 4) is 0 Å². The third-order valence-corrected chi connectivity index (χ3v) is 5.32. The number of nitrogens with one attached hydrogen (secondary N) is 1. The molecule has 2 amide bonds. The summed E-state index contributed by atoms with van der Waals surface area (Å²) in [4.78, 5) is 26.6. The Bertz CT molecular complexity index is 864. The van der Waals surface area contributed by atoms with Gasteiger partial charge in [-0.2, -0.15) is 5.10 Å². The van der Waals surface area contributed by atoms with Gasteiger partial charge in [0.1, 0.15) is 0 Å². The van der Waals surface area contributed by atoms with E-state index in [4.69, 9.17) is 11.6 Å². The van der Waals surface area contributed by atoms with Crippen molar-refractivity contribution in [1.29, 1.82) is 0 Å². The maximum Gasteiger partial charge on any atom is 0.255 e. The number of likely N-dealkylation sites (tertiary alicyclic amines) is 1. The molecule has 1 fully saturated rings. The molecule has 0 aliphatic carbocycles. The number of carbonyl (C=O) groups is 2. The van der Waals surface area contributed by atoms with E-state index >= 15 is 0 Å². The quantitative estimate of drug-likeness (QED) is 0.565. The second-order valence-electron chi connectivity index (χ2n) is 6.34. The maximum atomic E-state index is 12.6. The van der Waals surface area contributed by atoms with Gasteiger partial charge in [0.15, 0.2) is 0 Å². The molecule has 0 aromatic heterocycles. The molecular weight excluding hydrogens is 430 g/mol. The Labute approximate surface area is 171 Å². The fourth-order valence-corrected chi connectivity index (χ4v) is 3.63. The lowest BCUT2D eigenvalue weighted by atomic mass is 9.95. The van der Waals surface area contributed by atoms with Gasteiger partial charge in [0.05, 0.1) is 16.8 Å². The van der Waals surface area contributed by atoms with Crippen LogP contribution in [0.15, 0.2) is 58.1 Å². The number of rotatable bonds is 4. The van der Waals surface area contributed by atoms with Crippen molar-refractivity contribution in [3.63, 3.8) is 0 Å². The zero-order valence-electron chi connectivity index (χ0n) is 14.6. The summed E-state index contributed by atoms with van der Waals surface area (Å²) in [6.07, 6.45) is 2.82. The molecule has 1 aliphatic rings. The fourth-order valence-electron chi connectivity index (χ4n) is 3.00. The predicted molar refractivity (Wildman–Crippen MR) is 110 cm³/mol. The third kappa shape index (κ3) is 5.17. The van der Waals surface area contributed by atoms with Crippen molar-refractivity contribution >= 4 is 45.6 Å². The molecule has 140 valence electrons. The highest BCUT2D eigenvalue weighted by Crippen LogP contribution is 2.22. The summed E-state index contributed by atoms with van der Waals surface area (Å²) in [6, 6.07) is 14.7. The van der Waals surface area contributed by atoms with E-state index in [1.807, 2.05) is 24.3 Å². The van der Waals surface area contributed by atoms with Gasteiger partial charge >= 0.3 is 0 Å². The van der Waals surface area contributed by atoms with E-state index in [9.17, 15) is 9.59 Å². The number of piperidine rings is 1. The molecule has 2 aromatic carbocycles. The first-order valence-electron chi connectivity index (χ1n) is 8.67. The van der Waals surface area contributed by atoms with Crippen LogP contribution in [0.4, 0.5) is 0 Å². The van der Waals surface area contributed by atoms with Crippen molar-refractivity contribution in [2.75, 3.05) is 13.1 Å². The van der Waals surface area contributed by atoms with Crippen LogP contribution >= 0.6 is 27.5 Å². The Morgan fingerprint density at radius 2 is 1.89 bits per heavy atom. The molecule has 7 heteroatoms. The molecule has 0 radical (unpaired) electrons. The van der Waals surface area contributed by atoms with Gasteiger partial charge in [-0.1, -0.05) is 51.8 Å². The summed E-state index contributed by atoms with van der Waals surface area (Å²) in [5.41, 5.74) is 3.99.